The predicted octanol–water partition coefficient (Wildman–Crippen LogP) is 3.48. The number of ether oxygens (including phenoxy) is 3. The average Bonchev–Trinajstić information content (AvgIpc) is 3.51. The number of alkyl halides is 3. The van der Waals surface area contributed by atoms with Crippen molar-refractivity contribution in [1.29, 1.82) is 0 Å². The van der Waals surface area contributed by atoms with Crippen LogP contribution in [0.2, 0.25) is 10.0 Å². The minimum atomic E-state index is -5.08. The molecule has 2 aromatic rings. The van der Waals surface area contributed by atoms with Crippen LogP contribution in [0.15, 0.2) is 30.3 Å². The maximum absolute atomic E-state index is 11.1. The Kier molecular flexibility index (Phi) is 10.6. The molecule has 44 heavy (non-hydrogen) atoms. The van der Waals surface area contributed by atoms with Gasteiger partial charge in [-0.15, -0.1) is 0 Å². The Balaban J connectivity index is 0.000000566. The van der Waals surface area contributed by atoms with Gasteiger partial charge in [-0.1, -0.05) is 23.2 Å². The second kappa shape index (κ2) is 13.9. The third-order valence-corrected chi connectivity index (χ3v) is 8.13. The van der Waals surface area contributed by atoms with Crippen LogP contribution in [0.3, 0.4) is 0 Å². The molecule has 242 valence electrons. The molecule has 0 radical (unpaired) electrons. The molecule has 2 atom stereocenters. The number of halogens is 5. The van der Waals surface area contributed by atoms with Gasteiger partial charge in [0, 0.05) is 62.6 Å². The molecule has 16 heteroatoms. The summed E-state index contributed by atoms with van der Waals surface area (Å²) in [5.74, 6) is -2.31. The Morgan fingerprint density at radius 3 is 2.34 bits per heavy atom. The van der Waals surface area contributed by atoms with E-state index in [9.17, 15) is 23.1 Å². The number of rotatable bonds is 8. The van der Waals surface area contributed by atoms with Crippen molar-refractivity contribution in [3.05, 3.63) is 45.9 Å². The average molecular weight is 667 g/mol. The van der Waals surface area contributed by atoms with Crippen molar-refractivity contribution in [2.75, 3.05) is 50.9 Å². The van der Waals surface area contributed by atoms with E-state index in [1.807, 2.05) is 23.1 Å². The fourth-order valence-corrected chi connectivity index (χ4v) is 5.96. The number of aliphatic carboxylic acids is 2. The van der Waals surface area contributed by atoms with Crippen molar-refractivity contribution in [3.63, 3.8) is 0 Å². The van der Waals surface area contributed by atoms with Crippen LogP contribution < -0.4 is 19.1 Å². The van der Waals surface area contributed by atoms with Crippen LogP contribution in [0.1, 0.15) is 18.4 Å². The summed E-state index contributed by atoms with van der Waals surface area (Å²) < 4.78 is 49.2. The molecule has 4 N–H and O–H groups in total. The van der Waals surface area contributed by atoms with Crippen molar-refractivity contribution >= 4 is 40.8 Å². The molecule has 2 saturated heterocycles. The second-order valence-corrected chi connectivity index (χ2v) is 11.4. The summed E-state index contributed by atoms with van der Waals surface area (Å²) >= 11 is 12.5. The number of aliphatic hydroxyl groups is 2. The van der Waals surface area contributed by atoms with Gasteiger partial charge in [0.15, 0.2) is 6.61 Å². The number of benzene rings is 2. The predicted molar refractivity (Wildman–Crippen MR) is 152 cm³/mol. The molecule has 0 bridgehead atoms. The lowest BCUT2D eigenvalue weighted by molar-refractivity contribution is -0.192. The fraction of sp³-hybridized carbons (Fsp3) is 0.500. The monoisotopic (exact) mass is 666 g/mol. The molecular weight excluding hydrogens is 636 g/mol. The van der Waals surface area contributed by atoms with E-state index in [0.717, 1.165) is 43.7 Å². The summed E-state index contributed by atoms with van der Waals surface area (Å²) in [6.45, 7) is 1.80. The molecule has 0 aliphatic carbocycles. The number of carbonyl (C=O) groups is 2. The number of nitrogens with zero attached hydrogens (tertiary/aromatic N) is 2. The summed E-state index contributed by atoms with van der Waals surface area (Å²) in [5, 5.41) is 37.3. The van der Waals surface area contributed by atoms with E-state index in [2.05, 4.69) is 4.90 Å². The molecule has 11 nitrogen and oxygen atoms in total. The second-order valence-electron chi connectivity index (χ2n) is 10.6. The van der Waals surface area contributed by atoms with Crippen LogP contribution in [0.4, 0.5) is 18.9 Å². The van der Waals surface area contributed by atoms with Gasteiger partial charge in [-0.2, -0.15) is 13.2 Å². The minimum Gasteiger partial charge on any atom is -0.490 e. The zero-order valence-corrected chi connectivity index (χ0v) is 24.7. The van der Waals surface area contributed by atoms with E-state index in [0.29, 0.717) is 35.3 Å². The third kappa shape index (κ3) is 8.10. The first-order chi connectivity index (χ1) is 20.7. The number of β-amino-alcohol motifs (C(OH)–C–C–N with tert-alkyl or cyclic N) is 1. The Morgan fingerprint density at radius 1 is 1.05 bits per heavy atom. The molecule has 2 fully saturated rings. The van der Waals surface area contributed by atoms with Gasteiger partial charge in [0.1, 0.15) is 29.5 Å². The maximum Gasteiger partial charge on any atom is 0.490 e. The number of carboxylic acid groups (broad SMARTS) is 2. The van der Waals surface area contributed by atoms with Crippen molar-refractivity contribution in [2.45, 2.75) is 43.2 Å². The number of carboxylic acids is 2. The number of piperidine rings is 1. The summed E-state index contributed by atoms with van der Waals surface area (Å²) in [5.41, 5.74) is 1.49. The molecule has 1 spiro atoms. The smallest absolute Gasteiger partial charge is 0.490 e. The highest BCUT2D eigenvalue weighted by atomic mass is 35.5. The van der Waals surface area contributed by atoms with E-state index in [-0.39, 0.29) is 29.9 Å². The number of hydrogen-bond donors (Lipinski definition) is 4. The number of hydrogen-bond acceptors (Lipinski definition) is 9. The van der Waals surface area contributed by atoms with Crippen molar-refractivity contribution in [3.8, 4) is 17.2 Å². The van der Waals surface area contributed by atoms with Crippen LogP contribution in [-0.2, 0) is 16.0 Å². The van der Waals surface area contributed by atoms with Crippen molar-refractivity contribution in [1.82, 2.24) is 4.90 Å². The molecule has 3 heterocycles. The van der Waals surface area contributed by atoms with Crippen molar-refractivity contribution < 1.29 is 57.4 Å². The molecule has 0 amide bonds. The zero-order chi connectivity index (χ0) is 32.2. The van der Waals surface area contributed by atoms with Crippen LogP contribution in [0.5, 0.6) is 17.2 Å². The van der Waals surface area contributed by atoms with Crippen molar-refractivity contribution in [2.24, 2.45) is 0 Å². The first-order valence-corrected chi connectivity index (χ1v) is 14.3. The lowest BCUT2D eigenvalue weighted by atomic mass is 9.86. The number of anilines is 1. The molecule has 5 rings (SSSR count). The number of likely N-dealkylation sites (tertiary alicyclic amines) is 1. The standard InChI is InChI=1S/C26H30Cl2N2O7.C2HF3O2/c27-17-1-2-22-16(9-17)12-26(37-22)3-5-29(6-4-26)20-13-30(14-21(20)32)19-11-23(35-8-7-31)18(28)10-24(19)36-15-25(33)34;3-2(4,5)1(6)7/h1-2,9-11,20-21,31-32H,3-8,12-15H2,(H,33,34);(H,6,7)/t20?,21-;/m1./s1. The van der Waals surface area contributed by atoms with Crippen LogP contribution in [0.25, 0.3) is 0 Å². The van der Waals surface area contributed by atoms with E-state index >= 15 is 0 Å². The Morgan fingerprint density at radius 2 is 1.73 bits per heavy atom. The topological polar surface area (TPSA) is 149 Å². The summed E-state index contributed by atoms with van der Waals surface area (Å²) in [6.07, 6.45) is -3.17. The molecular formula is C28H31Cl2F3N2O9. The highest BCUT2D eigenvalue weighted by molar-refractivity contribution is 6.32. The fourth-order valence-electron chi connectivity index (χ4n) is 5.56. The van der Waals surface area contributed by atoms with Gasteiger partial charge < -0.3 is 39.5 Å². The molecule has 2 aromatic carbocycles. The molecule has 1 unspecified atom stereocenters. The Hall–Kier alpha value is -3.17. The van der Waals surface area contributed by atoms with Gasteiger partial charge in [-0.05, 0) is 23.8 Å². The van der Waals surface area contributed by atoms with Gasteiger partial charge in [0.25, 0.3) is 0 Å². The minimum absolute atomic E-state index is 0.0629. The highest BCUT2D eigenvalue weighted by Gasteiger charge is 2.45. The van der Waals surface area contributed by atoms with E-state index in [1.165, 1.54) is 6.07 Å². The highest BCUT2D eigenvalue weighted by Crippen LogP contribution is 2.44. The van der Waals surface area contributed by atoms with E-state index < -0.39 is 30.8 Å². The zero-order valence-electron chi connectivity index (χ0n) is 23.2. The normalized spacial score (nSPS) is 20.8. The maximum atomic E-state index is 11.1. The van der Waals surface area contributed by atoms with Crippen LogP contribution in [-0.4, -0.2) is 107 Å². The van der Waals surface area contributed by atoms with E-state index in [4.69, 9.17) is 57.5 Å². The third-order valence-electron chi connectivity index (χ3n) is 7.60. The molecule has 0 aromatic heterocycles. The Bertz CT molecular complexity index is 1360. The number of aliphatic hydroxyl groups excluding tert-OH is 2. The van der Waals surface area contributed by atoms with Gasteiger partial charge in [-0.3, -0.25) is 4.90 Å². The summed E-state index contributed by atoms with van der Waals surface area (Å²) in [4.78, 5) is 24.3. The van der Waals surface area contributed by atoms with Gasteiger partial charge >= 0.3 is 18.1 Å². The molecule has 3 aliphatic rings. The van der Waals surface area contributed by atoms with E-state index in [1.54, 1.807) is 6.07 Å². The number of fused-ring (bicyclic) bond motifs is 1. The lowest BCUT2D eigenvalue weighted by Gasteiger charge is -2.41. The quantitative estimate of drug-likeness (QED) is 0.328. The SMILES string of the molecule is O=C(O)C(F)(F)F.O=C(O)COc1cc(Cl)c(OCCO)cc1N1CC(N2CCC3(CC2)Cc2cc(Cl)ccc2O3)[C@H](O)C1. The van der Waals surface area contributed by atoms with Gasteiger partial charge in [0.05, 0.1) is 29.5 Å². The van der Waals surface area contributed by atoms with Crippen LogP contribution in [0, 0.1) is 0 Å². The summed E-state index contributed by atoms with van der Waals surface area (Å²) in [6, 6.07) is 8.84. The first-order valence-electron chi connectivity index (χ1n) is 13.6. The Labute approximate surface area is 260 Å². The first kappa shape index (κ1) is 33.7. The van der Waals surface area contributed by atoms with Crippen LogP contribution >= 0.6 is 23.2 Å². The summed E-state index contributed by atoms with van der Waals surface area (Å²) in [7, 11) is 0. The van der Waals surface area contributed by atoms with Gasteiger partial charge in [0.2, 0.25) is 0 Å². The molecule has 3 aliphatic heterocycles. The largest absolute Gasteiger partial charge is 0.490 e. The molecule has 0 saturated carbocycles. The van der Waals surface area contributed by atoms with Gasteiger partial charge in [-0.25, -0.2) is 9.59 Å². The lowest BCUT2D eigenvalue weighted by Crippen LogP contribution is -2.53.